The van der Waals surface area contributed by atoms with Crippen molar-refractivity contribution in [2.24, 2.45) is 0 Å². The summed E-state index contributed by atoms with van der Waals surface area (Å²) in [6.07, 6.45) is 4.18. The summed E-state index contributed by atoms with van der Waals surface area (Å²) in [5.74, 6) is 0. The molecule has 17 heavy (non-hydrogen) atoms. The number of nitrogens with zero attached hydrogens (tertiary/aromatic N) is 4. The van der Waals surface area contributed by atoms with E-state index in [2.05, 4.69) is 22.2 Å². The predicted octanol–water partition coefficient (Wildman–Crippen LogP) is 1.36. The minimum absolute atomic E-state index is 0.484. The van der Waals surface area contributed by atoms with Gasteiger partial charge in [0.05, 0.1) is 11.9 Å². The maximum Gasteiger partial charge on any atom is 0.103 e. The van der Waals surface area contributed by atoms with Gasteiger partial charge in [0.2, 0.25) is 0 Å². The van der Waals surface area contributed by atoms with Crippen LogP contribution in [-0.4, -0.2) is 25.1 Å². The van der Waals surface area contributed by atoms with Crippen LogP contribution in [0.2, 0.25) is 0 Å². The first-order valence-corrected chi connectivity index (χ1v) is 5.77. The molecule has 0 amide bonds. The van der Waals surface area contributed by atoms with Crippen LogP contribution in [-0.2, 0) is 13.0 Å². The predicted molar refractivity (Wildman–Crippen MR) is 63.2 cm³/mol. The van der Waals surface area contributed by atoms with E-state index in [1.165, 1.54) is 0 Å². The fraction of sp³-hybridized carbons (Fsp3) is 0.417. The molecule has 2 rings (SSSR count). The Balaban J connectivity index is 2.09. The third-order valence-electron chi connectivity index (χ3n) is 2.55. The Hall–Kier alpha value is -1.75. The van der Waals surface area contributed by atoms with Gasteiger partial charge < -0.3 is 5.11 Å². The fourth-order valence-corrected chi connectivity index (χ4v) is 1.73. The molecule has 0 aliphatic heterocycles. The number of aromatic nitrogens is 4. The van der Waals surface area contributed by atoms with E-state index in [0.717, 1.165) is 24.4 Å². The summed E-state index contributed by atoms with van der Waals surface area (Å²) in [6.45, 7) is 2.84. The van der Waals surface area contributed by atoms with Gasteiger partial charge in [0.15, 0.2) is 0 Å². The highest BCUT2D eigenvalue weighted by atomic mass is 16.3. The molecule has 5 nitrogen and oxygen atoms in total. The van der Waals surface area contributed by atoms with Crippen LogP contribution in [0, 0.1) is 0 Å². The summed E-state index contributed by atoms with van der Waals surface area (Å²) in [6, 6.07) is 5.67. The van der Waals surface area contributed by atoms with E-state index in [9.17, 15) is 5.11 Å². The standard InChI is InChI=1S/C12H16N4O/c1-2-7-16-11(9-14-15-16)12(17)8-10-5-3-4-6-13-10/h3-6,9,12,17H,2,7-8H2,1H3. The number of pyridine rings is 1. The van der Waals surface area contributed by atoms with E-state index in [1.807, 2.05) is 18.2 Å². The minimum atomic E-state index is -0.605. The molecule has 0 fully saturated rings. The first-order chi connectivity index (χ1) is 8.31. The van der Waals surface area contributed by atoms with Crippen LogP contribution in [0.3, 0.4) is 0 Å². The Kier molecular flexibility index (Phi) is 3.82. The molecule has 2 heterocycles. The van der Waals surface area contributed by atoms with Gasteiger partial charge in [0.25, 0.3) is 0 Å². The highest BCUT2D eigenvalue weighted by Gasteiger charge is 2.14. The van der Waals surface area contributed by atoms with Gasteiger partial charge in [-0.25, -0.2) is 4.68 Å². The third-order valence-corrected chi connectivity index (χ3v) is 2.55. The summed E-state index contributed by atoms with van der Waals surface area (Å²) in [5.41, 5.74) is 1.61. The largest absolute Gasteiger partial charge is 0.386 e. The molecule has 0 bridgehead atoms. The van der Waals surface area contributed by atoms with Gasteiger partial charge in [-0.15, -0.1) is 5.10 Å². The maximum atomic E-state index is 10.1. The zero-order valence-electron chi connectivity index (χ0n) is 9.82. The maximum absolute atomic E-state index is 10.1. The second-order valence-electron chi connectivity index (χ2n) is 3.92. The summed E-state index contributed by atoms with van der Waals surface area (Å²) >= 11 is 0. The molecule has 2 aromatic rings. The number of aliphatic hydroxyl groups excluding tert-OH is 1. The van der Waals surface area contributed by atoms with E-state index in [4.69, 9.17) is 0 Å². The number of aryl methyl sites for hydroxylation is 1. The van der Waals surface area contributed by atoms with E-state index >= 15 is 0 Å². The molecule has 0 saturated carbocycles. The van der Waals surface area contributed by atoms with Crippen molar-refractivity contribution < 1.29 is 5.11 Å². The Labute approximate surface area is 100 Å². The molecule has 0 aliphatic carbocycles. The van der Waals surface area contributed by atoms with E-state index < -0.39 is 6.10 Å². The van der Waals surface area contributed by atoms with Crippen molar-refractivity contribution in [3.8, 4) is 0 Å². The van der Waals surface area contributed by atoms with Crippen molar-refractivity contribution >= 4 is 0 Å². The lowest BCUT2D eigenvalue weighted by Crippen LogP contribution is -2.11. The van der Waals surface area contributed by atoms with E-state index in [0.29, 0.717) is 6.42 Å². The number of hydrogen-bond acceptors (Lipinski definition) is 4. The average Bonchev–Trinajstić information content (AvgIpc) is 2.79. The second kappa shape index (κ2) is 5.54. The molecular formula is C12H16N4O. The van der Waals surface area contributed by atoms with Crippen molar-refractivity contribution in [1.29, 1.82) is 0 Å². The molecule has 0 saturated heterocycles. The van der Waals surface area contributed by atoms with Crippen LogP contribution in [0.1, 0.15) is 30.8 Å². The van der Waals surface area contributed by atoms with Crippen LogP contribution in [0.15, 0.2) is 30.6 Å². The number of aliphatic hydroxyl groups is 1. The van der Waals surface area contributed by atoms with Crippen molar-refractivity contribution in [3.05, 3.63) is 42.0 Å². The van der Waals surface area contributed by atoms with Crippen LogP contribution in [0.4, 0.5) is 0 Å². The van der Waals surface area contributed by atoms with Gasteiger partial charge >= 0.3 is 0 Å². The van der Waals surface area contributed by atoms with E-state index in [-0.39, 0.29) is 0 Å². The smallest absolute Gasteiger partial charge is 0.103 e. The molecule has 1 atom stereocenters. The molecule has 1 unspecified atom stereocenters. The third kappa shape index (κ3) is 2.88. The van der Waals surface area contributed by atoms with Crippen LogP contribution in [0.5, 0.6) is 0 Å². The highest BCUT2D eigenvalue weighted by Crippen LogP contribution is 2.16. The number of hydrogen-bond donors (Lipinski definition) is 1. The first-order valence-electron chi connectivity index (χ1n) is 5.77. The van der Waals surface area contributed by atoms with Gasteiger partial charge in [0.1, 0.15) is 6.10 Å². The average molecular weight is 232 g/mol. The lowest BCUT2D eigenvalue weighted by Gasteiger charge is -2.11. The topological polar surface area (TPSA) is 63.8 Å². The van der Waals surface area contributed by atoms with Gasteiger partial charge in [-0.3, -0.25) is 4.98 Å². The van der Waals surface area contributed by atoms with Crippen LogP contribution >= 0.6 is 0 Å². The SMILES string of the molecule is CCCn1nncc1C(O)Cc1ccccn1. The highest BCUT2D eigenvalue weighted by molar-refractivity contribution is 5.09. The van der Waals surface area contributed by atoms with Crippen molar-refractivity contribution in [1.82, 2.24) is 20.0 Å². The monoisotopic (exact) mass is 232 g/mol. The Morgan fingerprint density at radius 2 is 2.29 bits per heavy atom. The molecule has 0 spiro atoms. The fourth-order valence-electron chi connectivity index (χ4n) is 1.73. The van der Waals surface area contributed by atoms with Gasteiger partial charge in [0, 0.05) is 24.9 Å². The Morgan fingerprint density at radius 3 is 3.00 bits per heavy atom. The second-order valence-corrected chi connectivity index (χ2v) is 3.92. The van der Waals surface area contributed by atoms with Crippen molar-refractivity contribution in [2.45, 2.75) is 32.4 Å². The Bertz CT molecular complexity index is 455. The molecule has 1 N–H and O–H groups in total. The van der Waals surface area contributed by atoms with E-state index in [1.54, 1.807) is 17.1 Å². The Morgan fingerprint density at radius 1 is 1.41 bits per heavy atom. The first kappa shape index (κ1) is 11.7. The zero-order chi connectivity index (χ0) is 12.1. The zero-order valence-corrected chi connectivity index (χ0v) is 9.82. The van der Waals surface area contributed by atoms with Crippen LogP contribution in [0.25, 0.3) is 0 Å². The molecule has 0 aliphatic rings. The van der Waals surface area contributed by atoms with Crippen molar-refractivity contribution in [3.63, 3.8) is 0 Å². The van der Waals surface area contributed by atoms with Gasteiger partial charge in [-0.2, -0.15) is 0 Å². The normalized spacial score (nSPS) is 12.6. The molecule has 0 aromatic carbocycles. The molecular weight excluding hydrogens is 216 g/mol. The summed E-state index contributed by atoms with van der Waals surface area (Å²) < 4.78 is 1.74. The lowest BCUT2D eigenvalue weighted by molar-refractivity contribution is 0.165. The molecule has 2 aromatic heterocycles. The summed E-state index contributed by atoms with van der Waals surface area (Å²) in [4.78, 5) is 4.19. The minimum Gasteiger partial charge on any atom is -0.386 e. The number of rotatable bonds is 5. The quantitative estimate of drug-likeness (QED) is 0.845. The van der Waals surface area contributed by atoms with Gasteiger partial charge in [-0.05, 0) is 18.6 Å². The molecule has 90 valence electrons. The van der Waals surface area contributed by atoms with Crippen molar-refractivity contribution in [2.75, 3.05) is 0 Å². The molecule has 0 radical (unpaired) electrons. The van der Waals surface area contributed by atoms with Gasteiger partial charge in [-0.1, -0.05) is 18.2 Å². The lowest BCUT2D eigenvalue weighted by atomic mass is 10.1. The summed E-state index contributed by atoms with van der Waals surface area (Å²) in [7, 11) is 0. The molecule has 5 heteroatoms. The van der Waals surface area contributed by atoms with Crippen LogP contribution < -0.4 is 0 Å². The summed E-state index contributed by atoms with van der Waals surface area (Å²) in [5, 5.41) is 17.9.